The number of hydrogen-bond donors (Lipinski definition) is 2. The Labute approximate surface area is 200 Å². The van der Waals surface area contributed by atoms with E-state index in [-0.39, 0.29) is 12.4 Å². The summed E-state index contributed by atoms with van der Waals surface area (Å²) >= 11 is 17.7. The Morgan fingerprint density at radius 1 is 0.969 bits per heavy atom. The second-order valence-electron chi connectivity index (χ2n) is 7.10. The van der Waals surface area contributed by atoms with Gasteiger partial charge in [0.2, 0.25) is 0 Å². The van der Waals surface area contributed by atoms with Crippen molar-refractivity contribution in [3.05, 3.63) is 93.5 Å². The van der Waals surface area contributed by atoms with Crippen molar-refractivity contribution in [2.24, 2.45) is 0 Å². The molecule has 0 atom stereocenters. The molecule has 10 heteroatoms. The van der Waals surface area contributed by atoms with Crippen LogP contribution in [-0.2, 0) is 13.1 Å². The van der Waals surface area contributed by atoms with E-state index in [1.807, 2.05) is 49.5 Å². The number of aromatic nitrogens is 4. The average Bonchev–Trinajstić information content (AvgIpc) is 3.32. The largest absolute Gasteiger partial charge is 0.316 e. The van der Waals surface area contributed by atoms with E-state index in [4.69, 9.17) is 35.4 Å². The average molecular weight is 489 g/mol. The number of nitrogens with zero attached hydrogens (tertiary/aromatic N) is 4. The Bertz CT molecular complexity index is 1250. The molecular weight excluding hydrogens is 470 g/mol. The van der Waals surface area contributed by atoms with Crippen molar-refractivity contribution < 1.29 is 4.39 Å². The number of benzene rings is 2. The predicted molar refractivity (Wildman–Crippen MR) is 130 cm³/mol. The molecule has 0 radical (unpaired) electrons. The highest BCUT2D eigenvalue weighted by molar-refractivity contribution is 7.80. The van der Waals surface area contributed by atoms with Crippen LogP contribution in [0.25, 0.3) is 0 Å². The molecule has 0 amide bonds. The topological polar surface area (TPSA) is 59.7 Å². The molecule has 0 unspecified atom stereocenters. The first kappa shape index (κ1) is 22.3. The molecule has 0 aliphatic heterocycles. The van der Waals surface area contributed by atoms with Gasteiger partial charge in [-0.15, -0.1) is 0 Å². The summed E-state index contributed by atoms with van der Waals surface area (Å²) in [4.78, 5) is 0. The normalized spacial score (nSPS) is 10.9. The van der Waals surface area contributed by atoms with Crippen LogP contribution in [0.15, 0.2) is 60.8 Å². The fourth-order valence-corrected chi connectivity index (χ4v) is 3.77. The summed E-state index contributed by atoms with van der Waals surface area (Å²) < 4.78 is 17.5. The van der Waals surface area contributed by atoms with Crippen molar-refractivity contribution in [3.63, 3.8) is 0 Å². The molecule has 0 spiro atoms. The lowest BCUT2D eigenvalue weighted by atomic mass is 10.2. The molecule has 4 rings (SSSR count). The van der Waals surface area contributed by atoms with Crippen molar-refractivity contribution in [2.75, 3.05) is 10.6 Å². The smallest absolute Gasteiger partial charge is 0.177 e. The summed E-state index contributed by atoms with van der Waals surface area (Å²) in [6, 6.07) is 15.9. The van der Waals surface area contributed by atoms with Gasteiger partial charge in [-0.3, -0.25) is 9.36 Å². The Balaban J connectivity index is 1.38. The lowest BCUT2D eigenvalue weighted by Gasteiger charge is -2.08. The van der Waals surface area contributed by atoms with Gasteiger partial charge in [0, 0.05) is 39.6 Å². The molecule has 6 nitrogen and oxygen atoms in total. The summed E-state index contributed by atoms with van der Waals surface area (Å²) in [5.41, 5.74) is 2.19. The number of anilines is 2. The maximum atomic E-state index is 14.1. The first-order chi connectivity index (χ1) is 15.4. The summed E-state index contributed by atoms with van der Waals surface area (Å²) in [7, 11) is 0. The monoisotopic (exact) mass is 488 g/mol. The Morgan fingerprint density at radius 2 is 1.72 bits per heavy atom. The molecule has 2 aromatic heterocycles. The van der Waals surface area contributed by atoms with Crippen LogP contribution >= 0.6 is 35.4 Å². The first-order valence-corrected chi connectivity index (χ1v) is 10.9. The molecule has 2 heterocycles. The highest BCUT2D eigenvalue weighted by atomic mass is 35.5. The van der Waals surface area contributed by atoms with Crippen molar-refractivity contribution in [1.82, 2.24) is 19.6 Å². The number of aryl methyl sites for hydroxylation is 1. The van der Waals surface area contributed by atoms with Crippen LogP contribution in [0.4, 0.5) is 16.0 Å². The summed E-state index contributed by atoms with van der Waals surface area (Å²) in [6.07, 6.45) is 1.84. The van der Waals surface area contributed by atoms with Gasteiger partial charge in [0.05, 0.1) is 13.1 Å². The third-order valence-corrected chi connectivity index (χ3v) is 5.69. The molecule has 164 valence electrons. The van der Waals surface area contributed by atoms with Crippen molar-refractivity contribution in [3.8, 4) is 0 Å². The third kappa shape index (κ3) is 5.27. The summed E-state index contributed by atoms with van der Waals surface area (Å²) in [5, 5.41) is 16.4. The second-order valence-corrected chi connectivity index (χ2v) is 8.32. The molecule has 0 aliphatic carbocycles. The fraction of sp³-hybridized carbons (Fsp3) is 0.136. The van der Waals surface area contributed by atoms with Gasteiger partial charge in [-0.1, -0.05) is 47.5 Å². The minimum absolute atomic E-state index is 0.214. The molecule has 0 aliphatic rings. The minimum atomic E-state index is -0.369. The molecule has 32 heavy (non-hydrogen) atoms. The fourth-order valence-electron chi connectivity index (χ4n) is 3.15. The number of rotatable bonds is 6. The number of thiocarbonyl (C=S) groups is 1. The summed E-state index contributed by atoms with van der Waals surface area (Å²) in [5.74, 6) is 0.748. The van der Waals surface area contributed by atoms with Gasteiger partial charge in [-0.2, -0.15) is 10.2 Å². The van der Waals surface area contributed by atoms with E-state index < -0.39 is 0 Å². The quantitative estimate of drug-likeness (QED) is 0.339. The minimum Gasteiger partial charge on any atom is -0.316 e. The second kappa shape index (κ2) is 9.68. The van der Waals surface area contributed by atoms with E-state index in [2.05, 4.69) is 20.8 Å². The standard InChI is InChI=1S/C22H19Cl2FN6S/c1-14-11-21(29-31(14)13-16-18(24)7-4-8-19(16)25)27-22(32)26-20-9-10-30(28-20)12-15-5-2-3-6-17(15)23/h2-11H,12-13H2,1H3,(H2,26,27,28,29,32). The third-order valence-electron chi connectivity index (χ3n) is 4.76. The van der Waals surface area contributed by atoms with E-state index in [0.717, 1.165) is 11.3 Å². The zero-order chi connectivity index (χ0) is 22.7. The van der Waals surface area contributed by atoms with Crippen LogP contribution in [0.2, 0.25) is 10.0 Å². The van der Waals surface area contributed by atoms with Crippen LogP contribution in [0.3, 0.4) is 0 Å². The van der Waals surface area contributed by atoms with E-state index in [0.29, 0.717) is 38.9 Å². The van der Waals surface area contributed by atoms with Crippen LogP contribution in [0.1, 0.15) is 16.8 Å². The molecule has 0 fully saturated rings. The highest BCUT2D eigenvalue weighted by Gasteiger charge is 2.12. The maximum Gasteiger partial charge on any atom is 0.177 e. The molecule has 2 N–H and O–H groups in total. The van der Waals surface area contributed by atoms with E-state index in [1.165, 1.54) is 6.07 Å². The van der Waals surface area contributed by atoms with E-state index in [1.54, 1.807) is 21.5 Å². The number of halogens is 3. The van der Waals surface area contributed by atoms with Crippen LogP contribution in [0.5, 0.6) is 0 Å². The number of nitrogens with one attached hydrogen (secondary N) is 2. The van der Waals surface area contributed by atoms with Gasteiger partial charge < -0.3 is 10.6 Å². The van der Waals surface area contributed by atoms with Gasteiger partial charge in [0.15, 0.2) is 16.7 Å². The lowest BCUT2D eigenvalue weighted by molar-refractivity contribution is 0.581. The van der Waals surface area contributed by atoms with Gasteiger partial charge in [-0.25, -0.2) is 4.39 Å². The lowest BCUT2D eigenvalue weighted by Crippen LogP contribution is -2.20. The van der Waals surface area contributed by atoms with Gasteiger partial charge >= 0.3 is 0 Å². The molecule has 4 aromatic rings. The number of hydrogen-bond acceptors (Lipinski definition) is 3. The van der Waals surface area contributed by atoms with Crippen LogP contribution in [-0.4, -0.2) is 24.7 Å². The molecule has 0 saturated heterocycles. The maximum absolute atomic E-state index is 14.1. The van der Waals surface area contributed by atoms with Gasteiger partial charge in [-0.05, 0) is 42.9 Å². The van der Waals surface area contributed by atoms with E-state index >= 15 is 0 Å². The zero-order valence-electron chi connectivity index (χ0n) is 17.0. The van der Waals surface area contributed by atoms with Gasteiger partial charge in [0.1, 0.15) is 5.82 Å². The van der Waals surface area contributed by atoms with E-state index in [9.17, 15) is 4.39 Å². The van der Waals surface area contributed by atoms with Crippen LogP contribution < -0.4 is 10.6 Å². The Kier molecular flexibility index (Phi) is 6.74. The molecule has 0 bridgehead atoms. The molecule has 2 aromatic carbocycles. The van der Waals surface area contributed by atoms with Crippen LogP contribution in [0, 0.1) is 12.7 Å². The molecular formula is C22H19Cl2FN6S. The van der Waals surface area contributed by atoms with Crippen molar-refractivity contribution >= 4 is 52.2 Å². The van der Waals surface area contributed by atoms with Crippen molar-refractivity contribution in [1.29, 1.82) is 0 Å². The van der Waals surface area contributed by atoms with Gasteiger partial charge in [0.25, 0.3) is 0 Å². The van der Waals surface area contributed by atoms with Crippen molar-refractivity contribution in [2.45, 2.75) is 20.0 Å². The Hall–Kier alpha value is -2.94. The summed E-state index contributed by atoms with van der Waals surface area (Å²) in [6.45, 7) is 2.63. The predicted octanol–water partition coefficient (Wildman–Crippen LogP) is 5.74. The SMILES string of the molecule is Cc1cc(NC(=S)Nc2ccn(Cc3ccccc3Cl)n2)nn1Cc1c(F)cccc1Cl. The highest BCUT2D eigenvalue weighted by Crippen LogP contribution is 2.21. The first-order valence-electron chi connectivity index (χ1n) is 9.71. The zero-order valence-corrected chi connectivity index (χ0v) is 19.3. The molecule has 0 saturated carbocycles. The Morgan fingerprint density at radius 3 is 2.50 bits per heavy atom.